The van der Waals surface area contributed by atoms with Crippen LogP contribution in [-0.4, -0.2) is 28.3 Å². The quantitative estimate of drug-likeness (QED) is 0.901. The van der Waals surface area contributed by atoms with Crippen molar-refractivity contribution < 1.29 is 9.53 Å². The first-order chi connectivity index (χ1) is 9.70. The van der Waals surface area contributed by atoms with Crippen LogP contribution in [0.2, 0.25) is 0 Å². The zero-order chi connectivity index (χ0) is 13.9. The van der Waals surface area contributed by atoms with Crippen molar-refractivity contribution in [3.63, 3.8) is 0 Å². The van der Waals surface area contributed by atoms with Crippen LogP contribution in [0.1, 0.15) is 12.8 Å². The lowest BCUT2D eigenvalue weighted by atomic mass is 10.1. The van der Waals surface area contributed by atoms with E-state index in [1.54, 1.807) is 10.9 Å². The summed E-state index contributed by atoms with van der Waals surface area (Å²) in [6, 6.07) is 8.05. The summed E-state index contributed by atoms with van der Waals surface area (Å²) in [6.07, 6.45) is 5.92. The number of nitrogens with zero attached hydrogens (tertiary/aromatic N) is 2. The Morgan fingerprint density at radius 2 is 2.30 bits per heavy atom. The summed E-state index contributed by atoms with van der Waals surface area (Å²) in [4.78, 5) is 11.6. The van der Waals surface area contributed by atoms with Crippen LogP contribution >= 0.6 is 0 Å². The van der Waals surface area contributed by atoms with Gasteiger partial charge in [0.2, 0.25) is 0 Å². The molecule has 1 fully saturated rings. The van der Waals surface area contributed by atoms with Crippen molar-refractivity contribution in [1.29, 1.82) is 0 Å². The van der Waals surface area contributed by atoms with Gasteiger partial charge in [0.05, 0.1) is 6.20 Å². The van der Waals surface area contributed by atoms with Gasteiger partial charge in [-0.1, -0.05) is 12.1 Å². The molecule has 1 N–H and O–H groups in total. The fraction of sp³-hybridized carbons (Fsp3) is 0.333. The number of hydrogen-bond acceptors (Lipinski definition) is 3. The van der Waals surface area contributed by atoms with Crippen molar-refractivity contribution >= 4 is 5.91 Å². The summed E-state index contributed by atoms with van der Waals surface area (Å²) in [5.41, 5.74) is 2.05. The Bertz CT molecular complexity index is 617. The van der Waals surface area contributed by atoms with Crippen molar-refractivity contribution in [3.8, 4) is 16.9 Å². The first-order valence-electron chi connectivity index (χ1n) is 6.72. The number of aryl methyl sites for hydroxylation is 1. The maximum absolute atomic E-state index is 11.6. The van der Waals surface area contributed by atoms with Crippen LogP contribution in [-0.2, 0) is 11.8 Å². The maximum Gasteiger partial charge on any atom is 0.258 e. The van der Waals surface area contributed by atoms with E-state index in [1.165, 1.54) is 0 Å². The molecule has 0 unspecified atom stereocenters. The Labute approximate surface area is 117 Å². The smallest absolute Gasteiger partial charge is 0.258 e. The molecule has 1 heterocycles. The predicted molar refractivity (Wildman–Crippen MR) is 75.3 cm³/mol. The summed E-state index contributed by atoms with van der Waals surface area (Å²) in [7, 11) is 1.88. The lowest BCUT2D eigenvalue weighted by molar-refractivity contribution is -0.123. The molecule has 5 nitrogen and oxygen atoms in total. The number of amides is 1. The minimum atomic E-state index is -0.0562. The number of carbonyl (C=O) groups excluding carboxylic acids is 1. The number of hydrogen-bond donors (Lipinski definition) is 1. The number of benzene rings is 1. The molecule has 0 spiro atoms. The Hall–Kier alpha value is -2.30. The van der Waals surface area contributed by atoms with E-state index >= 15 is 0 Å². The molecule has 1 amide bonds. The molecule has 1 aromatic heterocycles. The molecule has 5 heteroatoms. The van der Waals surface area contributed by atoms with E-state index in [9.17, 15) is 4.79 Å². The van der Waals surface area contributed by atoms with E-state index in [1.807, 2.05) is 37.5 Å². The average Bonchev–Trinajstić information content (AvgIpc) is 3.15. The second kappa shape index (κ2) is 5.36. The zero-order valence-corrected chi connectivity index (χ0v) is 11.4. The third-order valence-electron chi connectivity index (χ3n) is 3.18. The molecule has 20 heavy (non-hydrogen) atoms. The topological polar surface area (TPSA) is 56.1 Å². The third kappa shape index (κ3) is 3.17. The summed E-state index contributed by atoms with van der Waals surface area (Å²) in [5, 5.41) is 7.04. The average molecular weight is 271 g/mol. The predicted octanol–water partition coefficient (Wildman–Crippen LogP) is 1.74. The second-order valence-corrected chi connectivity index (χ2v) is 5.06. The molecule has 104 valence electrons. The molecule has 0 aliphatic heterocycles. The largest absolute Gasteiger partial charge is 0.484 e. The van der Waals surface area contributed by atoms with Crippen LogP contribution in [0.4, 0.5) is 0 Å². The van der Waals surface area contributed by atoms with E-state index in [4.69, 9.17) is 4.74 Å². The van der Waals surface area contributed by atoms with Crippen molar-refractivity contribution in [2.24, 2.45) is 7.05 Å². The van der Waals surface area contributed by atoms with Crippen LogP contribution in [0.5, 0.6) is 5.75 Å². The lowest BCUT2D eigenvalue weighted by Gasteiger charge is -2.07. The highest BCUT2D eigenvalue weighted by molar-refractivity contribution is 5.78. The van der Waals surface area contributed by atoms with E-state index in [0.717, 1.165) is 24.0 Å². The summed E-state index contributed by atoms with van der Waals surface area (Å²) >= 11 is 0. The van der Waals surface area contributed by atoms with E-state index < -0.39 is 0 Å². The second-order valence-electron chi connectivity index (χ2n) is 5.06. The van der Waals surface area contributed by atoms with Crippen molar-refractivity contribution in [2.45, 2.75) is 18.9 Å². The van der Waals surface area contributed by atoms with Crippen molar-refractivity contribution in [1.82, 2.24) is 15.1 Å². The standard InChI is InChI=1S/C15H17N3O2/c1-18-9-12(8-16-18)11-3-2-4-14(7-11)20-10-15(19)17-13-5-6-13/h2-4,7-9,13H,5-6,10H2,1H3,(H,17,19). The van der Waals surface area contributed by atoms with E-state index in [-0.39, 0.29) is 12.5 Å². The van der Waals surface area contributed by atoms with Gasteiger partial charge in [0.1, 0.15) is 5.75 Å². The highest BCUT2D eigenvalue weighted by Gasteiger charge is 2.23. The zero-order valence-electron chi connectivity index (χ0n) is 11.4. The Balaban J connectivity index is 1.63. The molecule has 1 aromatic carbocycles. The van der Waals surface area contributed by atoms with Gasteiger partial charge >= 0.3 is 0 Å². The Morgan fingerprint density at radius 3 is 3.00 bits per heavy atom. The molecule has 0 atom stereocenters. The molecule has 0 saturated heterocycles. The van der Waals surface area contributed by atoms with Gasteiger partial charge in [0.15, 0.2) is 6.61 Å². The molecular formula is C15H17N3O2. The summed E-state index contributed by atoms with van der Waals surface area (Å²) in [6.45, 7) is 0.0625. The van der Waals surface area contributed by atoms with Gasteiger partial charge in [0, 0.05) is 24.8 Å². The number of carbonyl (C=O) groups is 1. The van der Waals surface area contributed by atoms with Gasteiger partial charge in [0.25, 0.3) is 5.91 Å². The van der Waals surface area contributed by atoms with Gasteiger partial charge in [-0.3, -0.25) is 9.48 Å². The van der Waals surface area contributed by atoms with Gasteiger partial charge < -0.3 is 10.1 Å². The van der Waals surface area contributed by atoms with Crippen LogP contribution < -0.4 is 10.1 Å². The normalized spacial score (nSPS) is 14.1. The summed E-state index contributed by atoms with van der Waals surface area (Å²) in [5.74, 6) is 0.636. The molecule has 0 radical (unpaired) electrons. The first kappa shape index (κ1) is 12.7. The molecule has 0 bridgehead atoms. The highest BCUT2D eigenvalue weighted by atomic mass is 16.5. The van der Waals surface area contributed by atoms with Crippen LogP contribution in [0.3, 0.4) is 0 Å². The van der Waals surface area contributed by atoms with E-state index in [0.29, 0.717) is 11.8 Å². The number of nitrogens with one attached hydrogen (secondary N) is 1. The highest BCUT2D eigenvalue weighted by Crippen LogP contribution is 2.23. The molecule has 3 rings (SSSR count). The monoisotopic (exact) mass is 271 g/mol. The van der Waals surface area contributed by atoms with Crippen molar-refractivity contribution in [3.05, 3.63) is 36.7 Å². The van der Waals surface area contributed by atoms with Crippen molar-refractivity contribution in [2.75, 3.05) is 6.61 Å². The van der Waals surface area contributed by atoms with Gasteiger partial charge in [-0.15, -0.1) is 0 Å². The Kier molecular flexibility index (Phi) is 3.41. The number of ether oxygens (including phenoxy) is 1. The minimum Gasteiger partial charge on any atom is -0.484 e. The lowest BCUT2D eigenvalue weighted by Crippen LogP contribution is -2.30. The SMILES string of the molecule is Cn1cc(-c2cccc(OCC(=O)NC3CC3)c2)cn1. The number of aromatic nitrogens is 2. The Morgan fingerprint density at radius 1 is 1.45 bits per heavy atom. The molecule has 1 aliphatic rings. The minimum absolute atomic E-state index is 0.0562. The van der Waals surface area contributed by atoms with E-state index in [2.05, 4.69) is 10.4 Å². The van der Waals surface area contributed by atoms with Crippen LogP contribution in [0.25, 0.3) is 11.1 Å². The molecule has 1 aliphatic carbocycles. The van der Waals surface area contributed by atoms with Crippen LogP contribution in [0, 0.1) is 0 Å². The first-order valence-corrected chi connectivity index (χ1v) is 6.72. The fourth-order valence-electron chi connectivity index (χ4n) is 1.98. The third-order valence-corrected chi connectivity index (χ3v) is 3.18. The molecule has 2 aromatic rings. The maximum atomic E-state index is 11.6. The molecular weight excluding hydrogens is 254 g/mol. The van der Waals surface area contributed by atoms with Gasteiger partial charge in [-0.2, -0.15) is 5.10 Å². The van der Waals surface area contributed by atoms with Gasteiger partial charge in [-0.05, 0) is 30.5 Å². The fourth-order valence-corrected chi connectivity index (χ4v) is 1.98. The van der Waals surface area contributed by atoms with Crippen LogP contribution in [0.15, 0.2) is 36.7 Å². The molecule has 1 saturated carbocycles. The number of rotatable bonds is 5. The van der Waals surface area contributed by atoms with Gasteiger partial charge in [-0.25, -0.2) is 0 Å². The summed E-state index contributed by atoms with van der Waals surface area (Å²) < 4.78 is 7.28.